The van der Waals surface area contributed by atoms with Crippen molar-refractivity contribution in [2.24, 2.45) is 5.92 Å². The molecule has 168 valence electrons. The molecule has 2 rings (SSSR count). The SMILES string of the molecule is CC(C)(C)OC(=O)NC1CCC([C@H](CO)NS(=O)(=O)c2ccc([N+](=O)[O-])cc2)CC1. The van der Waals surface area contributed by atoms with Crippen molar-refractivity contribution >= 4 is 21.8 Å². The van der Waals surface area contributed by atoms with E-state index in [2.05, 4.69) is 10.0 Å². The molecule has 0 radical (unpaired) electrons. The molecule has 0 aromatic heterocycles. The number of nitro groups is 1. The van der Waals surface area contributed by atoms with Crippen LogP contribution in [-0.4, -0.2) is 48.8 Å². The highest BCUT2D eigenvalue weighted by atomic mass is 32.2. The van der Waals surface area contributed by atoms with E-state index < -0.39 is 32.7 Å². The molecular formula is C19H29N3O7S. The van der Waals surface area contributed by atoms with E-state index in [1.54, 1.807) is 20.8 Å². The molecule has 11 heteroatoms. The second-order valence-electron chi connectivity index (χ2n) is 8.42. The number of amides is 1. The summed E-state index contributed by atoms with van der Waals surface area (Å²) in [6, 6.07) is 3.81. The fourth-order valence-electron chi connectivity index (χ4n) is 3.44. The number of hydrogen-bond donors (Lipinski definition) is 3. The van der Waals surface area contributed by atoms with Crippen LogP contribution in [0.3, 0.4) is 0 Å². The molecule has 1 aromatic rings. The molecule has 1 aliphatic carbocycles. The molecule has 0 aliphatic heterocycles. The number of aliphatic hydroxyl groups is 1. The molecule has 0 saturated heterocycles. The number of nitrogens with one attached hydrogen (secondary N) is 2. The smallest absolute Gasteiger partial charge is 0.407 e. The van der Waals surface area contributed by atoms with E-state index in [1.807, 2.05) is 0 Å². The number of aliphatic hydroxyl groups excluding tert-OH is 1. The molecule has 0 unspecified atom stereocenters. The molecule has 0 spiro atoms. The molecule has 30 heavy (non-hydrogen) atoms. The molecule has 1 fully saturated rings. The Balaban J connectivity index is 1.94. The predicted octanol–water partition coefficient (Wildman–Crippen LogP) is 2.32. The molecule has 1 aliphatic rings. The van der Waals surface area contributed by atoms with Crippen LogP contribution >= 0.6 is 0 Å². The first kappa shape index (κ1) is 24.0. The van der Waals surface area contributed by atoms with E-state index in [0.717, 1.165) is 24.3 Å². The highest BCUT2D eigenvalue weighted by molar-refractivity contribution is 7.89. The van der Waals surface area contributed by atoms with Crippen molar-refractivity contribution < 1.29 is 28.0 Å². The van der Waals surface area contributed by atoms with E-state index in [9.17, 15) is 28.4 Å². The highest BCUT2D eigenvalue weighted by Crippen LogP contribution is 2.28. The Morgan fingerprint density at radius 2 is 1.80 bits per heavy atom. The summed E-state index contributed by atoms with van der Waals surface area (Å²) in [6.07, 6.45) is 2.03. The zero-order valence-corrected chi connectivity index (χ0v) is 18.1. The van der Waals surface area contributed by atoms with Crippen molar-refractivity contribution in [1.82, 2.24) is 10.0 Å². The maximum absolute atomic E-state index is 12.6. The number of benzene rings is 1. The summed E-state index contributed by atoms with van der Waals surface area (Å²) in [6.45, 7) is 4.98. The molecule has 1 saturated carbocycles. The minimum atomic E-state index is -3.94. The number of ether oxygens (including phenoxy) is 1. The molecule has 0 bridgehead atoms. The van der Waals surface area contributed by atoms with Crippen LogP contribution in [0.15, 0.2) is 29.2 Å². The Bertz CT molecular complexity index is 842. The van der Waals surface area contributed by atoms with Gasteiger partial charge >= 0.3 is 6.09 Å². The van der Waals surface area contributed by atoms with Crippen molar-refractivity contribution in [2.45, 2.75) is 69.0 Å². The van der Waals surface area contributed by atoms with E-state index in [-0.39, 0.29) is 29.1 Å². The van der Waals surface area contributed by atoms with Crippen molar-refractivity contribution in [1.29, 1.82) is 0 Å². The fourth-order valence-corrected chi connectivity index (χ4v) is 4.73. The summed E-state index contributed by atoms with van der Waals surface area (Å²) in [5.41, 5.74) is -0.789. The quantitative estimate of drug-likeness (QED) is 0.432. The van der Waals surface area contributed by atoms with Crippen LogP contribution in [0, 0.1) is 16.0 Å². The number of hydrogen-bond acceptors (Lipinski definition) is 7. The topological polar surface area (TPSA) is 148 Å². The van der Waals surface area contributed by atoms with Gasteiger partial charge in [-0.25, -0.2) is 17.9 Å². The van der Waals surface area contributed by atoms with Gasteiger partial charge < -0.3 is 15.2 Å². The van der Waals surface area contributed by atoms with Crippen molar-refractivity contribution in [3.63, 3.8) is 0 Å². The fraction of sp³-hybridized carbons (Fsp3) is 0.632. The summed E-state index contributed by atoms with van der Waals surface area (Å²) >= 11 is 0. The van der Waals surface area contributed by atoms with Gasteiger partial charge in [0.25, 0.3) is 5.69 Å². The summed E-state index contributed by atoms with van der Waals surface area (Å²) in [7, 11) is -3.94. The average molecular weight is 444 g/mol. The standard InChI is InChI=1S/C19H29N3O7S/c1-19(2,3)29-18(24)20-14-6-4-13(5-7-14)17(12-23)21-30(27,28)16-10-8-15(9-11-16)22(25)26/h8-11,13-14,17,21,23H,4-7,12H2,1-3H3,(H,20,24)/t13?,14?,17-/m0/s1. The van der Waals surface area contributed by atoms with Gasteiger partial charge in [-0.15, -0.1) is 0 Å². The molecule has 1 aromatic carbocycles. The first-order chi connectivity index (χ1) is 13.9. The zero-order valence-electron chi connectivity index (χ0n) is 17.3. The van der Waals surface area contributed by atoms with E-state index >= 15 is 0 Å². The molecule has 3 N–H and O–H groups in total. The van der Waals surface area contributed by atoms with Gasteiger partial charge in [0.1, 0.15) is 5.60 Å². The van der Waals surface area contributed by atoms with Crippen molar-refractivity contribution in [3.05, 3.63) is 34.4 Å². The maximum atomic E-state index is 12.6. The van der Waals surface area contributed by atoms with Crippen LogP contribution in [0.25, 0.3) is 0 Å². The number of alkyl carbamates (subject to hydrolysis) is 1. The van der Waals surface area contributed by atoms with Gasteiger partial charge in [-0.2, -0.15) is 0 Å². The largest absolute Gasteiger partial charge is 0.444 e. The number of rotatable bonds is 7. The van der Waals surface area contributed by atoms with E-state index in [1.165, 1.54) is 0 Å². The average Bonchev–Trinajstić information content (AvgIpc) is 2.65. The number of carbonyl (C=O) groups is 1. The lowest BCUT2D eigenvalue weighted by atomic mass is 9.82. The van der Waals surface area contributed by atoms with Crippen LogP contribution in [0.4, 0.5) is 10.5 Å². The summed E-state index contributed by atoms with van der Waals surface area (Å²) in [5, 5.41) is 23.3. The van der Waals surface area contributed by atoms with Crippen LogP contribution in [-0.2, 0) is 14.8 Å². The number of nitro benzene ring substituents is 1. The first-order valence-electron chi connectivity index (χ1n) is 9.78. The lowest BCUT2D eigenvalue weighted by Gasteiger charge is -2.34. The van der Waals surface area contributed by atoms with Gasteiger partial charge in [0.05, 0.1) is 16.4 Å². The lowest BCUT2D eigenvalue weighted by molar-refractivity contribution is -0.384. The van der Waals surface area contributed by atoms with Gasteiger partial charge in [-0.1, -0.05) is 0 Å². The molecule has 1 atom stereocenters. The number of carbonyl (C=O) groups excluding carboxylic acids is 1. The minimum absolute atomic E-state index is 0.0678. The van der Waals surface area contributed by atoms with Gasteiger partial charge in [0.2, 0.25) is 10.0 Å². The third-order valence-electron chi connectivity index (χ3n) is 4.92. The lowest BCUT2D eigenvalue weighted by Crippen LogP contribution is -2.47. The van der Waals surface area contributed by atoms with Crippen LogP contribution in [0.2, 0.25) is 0 Å². The Hall–Kier alpha value is -2.24. The minimum Gasteiger partial charge on any atom is -0.444 e. The number of non-ortho nitro benzene ring substituents is 1. The molecule has 10 nitrogen and oxygen atoms in total. The third kappa shape index (κ3) is 6.92. The van der Waals surface area contributed by atoms with Gasteiger partial charge in [0.15, 0.2) is 0 Å². The molecule has 1 amide bonds. The second-order valence-corrected chi connectivity index (χ2v) is 10.1. The predicted molar refractivity (Wildman–Crippen MR) is 109 cm³/mol. The van der Waals surface area contributed by atoms with Crippen LogP contribution < -0.4 is 10.0 Å². The third-order valence-corrected chi connectivity index (χ3v) is 6.43. The summed E-state index contributed by atoms with van der Waals surface area (Å²) < 4.78 is 33.0. The Morgan fingerprint density at radius 3 is 2.27 bits per heavy atom. The number of nitrogens with zero attached hydrogens (tertiary/aromatic N) is 1. The van der Waals surface area contributed by atoms with Crippen LogP contribution in [0.5, 0.6) is 0 Å². The van der Waals surface area contributed by atoms with E-state index in [0.29, 0.717) is 25.7 Å². The molecule has 0 heterocycles. The Labute approximate surface area is 176 Å². The normalized spacial score (nSPS) is 20.9. The second kappa shape index (κ2) is 9.71. The van der Waals surface area contributed by atoms with Gasteiger partial charge in [0, 0.05) is 24.2 Å². The first-order valence-corrected chi connectivity index (χ1v) is 11.3. The number of sulfonamides is 1. The maximum Gasteiger partial charge on any atom is 0.407 e. The molecular weight excluding hydrogens is 414 g/mol. The summed E-state index contributed by atoms with van der Waals surface area (Å²) in [5.74, 6) is -0.0977. The van der Waals surface area contributed by atoms with Gasteiger partial charge in [-0.3, -0.25) is 10.1 Å². The zero-order chi connectivity index (χ0) is 22.5. The van der Waals surface area contributed by atoms with Crippen molar-refractivity contribution in [3.8, 4) is 0 Å². The summed E-state index contributed by atoms with van der Waals surface area (Å²) in [4.78, 5) is 21.9. The Kier molecular flexibility index (Phi) is 7.78. The van der Waals surface area contributed by atoms with Crippen LogP contribution in [0.1, 0.15) is 46.5 Å². The Morgan fingerprint density at radius 1 is 1.23 bits per heavy atom. The van der Waals surface area contributed by atoms with E-state index in [4.69, 9.17) is 4.74 Å². The highest BCUT2D eigenvalue weighted by Gasteiger charge is 2.31. The monoisotopic (exact) mass is 443 g/mol. The van der Waals surface area contributed by atoms with Crippen molar-refractivity contribution in [2.75, 3.05) is 6.61 Å². The van der Waals surface area contributed by atoms with Gasteiger partial charge in [-0.05, 0) is 64.5 Å².